The summed E-state index contributed by atoms with van der Waals surface area (Å²) >= 11 is 0. The van der Waals surface area contributed by atoms with Gasteiger partial charge in [0.1, 0.15) is 6.04 Å². The highest BCUT2D eigenvalue weighted by Gasteiger charge is 2.20. The molecule has 0 aliphatic carbocycles. The van der Waals surface area contributed by atoms with E-state index in [9.17, 15) is 14.4 Å². The van der Waals surface area contributed by atoms with Crippen molar-refractivity contribution in [1.82, 2.24) is 15.5 Å². The fourth-order valence-corrected chi connectivity index (χ4v) is 1.54. The quantitative estimate of drug-likeness (QED) is 0.414. The number of carboxylic acids is 1. The molecule has 0 radical (unpaired) electrons. The van der Waals surface area contributed by atoms with Crippen LogP contribution in [0.25, 0.3) is 0 Å². The van der Waals surface area contributed by atoms with Crippen LogP contribution in [0.5, 0.6) is 0 Å². The molecule has 1 atom stereocenters. The van der Waals surface area contributed by atoms with Crippen LogP contribution in [0.1, 0.15) is 33.1 Å². The fraction of sp³-hybridized carbons (Fsp3) is 0.769. The lowest BCUT2D eigenvalue weighted by Crippen LogP contribution is -2.46. The van der Waals surface area contributed by atoms with Gasteiger partial charge in [-0.2, -0.15) is 0 Å². The monoisotopic (exact) mass is 302 g/mol. The highest BCUT2D eigenvalue weighted by Crippen LogP contribution is 1.97. The van der Waals surface area contributed by atoms with Crippen LogP contribution >= 0.6 is 0 Å². The molecule has 0 aromatic heterocycles. The number of carbonyl (C=O) groups excluding carboxylic acids is 2. The fourth-order valence-electron chi connectivity index (χ4n) is 1.54. The molecule has 21 heavy (non-hydrogen) atoms. The van der Waals surface area contributed by atoms with Gasteiger partial charge in [-0.05, 0) is 40.3 Å². The number of nitrogens with two attached hydrogens (primary N) is 1. The predicted octanol–water partition coefficient (Wildman–Crippen LogP) is -0.265. The molecule has 0 aliphatic heterocycles. The lowest BCUT2D eigenvalue weighted by atomic mass is 10.1. The van der Waals surface area contributed by atoms with Gasteiger partial charge in [-0.15, -0.1) is 0 Å². The molecule has 0 aromatic carbocycles. The predicted molar refractivity (Wildman–Crippen MR) is 78.8 cm³/mol. The second-order valence-corrected chi connectivity index (χ2v) is 5.22. The van der Waals surface area contributed by atoms with E-state index in [0.29, 0.717) is 12.6 Å². The van der Waals surface area contributed by atoms with Crippen molar-refractivity contribution >= 4 is 17.9 Å². The average Bonchev–Trinajstić information content (AvgIpc) is 2.38. The van der Waals surface area contributed by atoms with E-state index in [1.54, 1.807) is 0 Å². The van der Waals surface area contributed by atoms with E-state index in [0.717, 1.165) is 13.0 Å². The summed E-state index contributed by atoms with van der Waals surface area (Å²) in [5.41, 5.74) is 4.96. The van der Waals surface area contributed by atoms with Crippen LogP contribution in [0.3, 0.4) is 0 Å². The van der Waals surface area contributed by atoms with Crippen LogP contribution in [-0.2, 0) is 9.59 Å². The van der Waals surface area contributed by atoms with Crippen molar-refractivity contribution < 1.29 is 19.5 Å². The summed E-state index contributed by atoms with van der Waals surface area (Å²) in [6, 6.07) is -1.24. The summed E-state index contributed by atoms with van der Waals surface area (Å²) in [4.78, 5) is 35.3. The molecular formula is C13H26N4O4. The number of nitrogens with zero attached hydrogens (tertiary/aromatic N) is 1. The number of rotatable bonds is 10. The molecule has 0 aliphatic rings. The zero-order chi connectivity index (χ0) is 16.4. The van der Waals surface area contributed by atoms with Gasteiger partial charge in [-0.25, -0.2) is 9.59 Å². The lowest BCUT2D eigenvalue weighted by molar-refractivity contribution is -0.139. The number of carboxylic acid groups (broad SMARTS) is 1. The Morgan fingerprint density at radius 3 is 2.38 bits per heavy atom. The molecule has 0 saturated carbocycles. The maximum Gasteiger partial charge on any atom is 0.326 e. The van der Waals surface area contributed by atoms with Crippen LogP contribution in [0, 0.1) is 0 Å². The third kappa shape index (κ3) is 9.67. The minimum atomic E-state index is -1.19. The first-order valence-electron chi connectivity index (χ1n) is 6.99. The average molecular weight is 302 g/mol. The second kappa shape index (κ2) is 9.98. The number of hydrogen-bond donors (Lipinski definition) is 4. The minimum Gasteiger partial charge on any atom is -0.480 e. The molecule has 8 heteroatoms. The smallest absolute Gasteiger partial charge is 0.326 e. The Bertz CT molecular complexity index is 360. The van der Waals surface area contributed by atoms with Crippen LogP contribution in [-0.4, -0.2) is 60.1 Å². The summed E-state index contributed by atoms with van der Waals surface area (Å²) in [5.74, 6) is -1.79. The summed E-state index contributed by atoms with van der Waals surface area (Å²) in [6.07, 6.45) is 0.658. The second-order valence-electron chi connectivity index (χ2n) is 5.22. The number of amides is 3. The first-order chi connectivity index (χ1) is 9.73. The number of nitrogens with one attached hydrogen (secondary N) is 2. The summed E-state index contributed by atoms with van der Waals surface area (Å²) in [7, 11) is 2.00. The van der Waals surface area contributed by atoms with Crippen molar-refractivity contribution in [3.8, 4) is 0 Å². The molecule has 5 N–H and O–H groups in total. The Labute approximate surface area is 125 Å². The molecule has 122 valence electrons. The van der Waals surface area contributed by atoms with Crippen molar-refractivity contribution in [2.75, 3.05) is 20.1 Å². The number of urea groups is 1. The lowest BCUT2D eigenvalue weighted by Gasteiger charge is -2.21. The van der Waals surface area contributed by atoms with Crippen LogP contribution in [0.4, 0.5) is 4.79 Å². The van der Waals surface area contributed by atoms with Crippen LogP contribution in [0.2, 0.25) is 0 Å². The number of primary amides is 1. The molecule has 8 nitrogen and oxygen atoms in total. The molecule has 0 spiro atoms. The summed E-state index contributed by atoms with van der Waals surface area (Å²) < 4.78 is 0. The van der Waals surface area contributed by atoms with Gasteiger partial charge in [0.25, 0.3) is 0 Å². The van der Waals surface area contributed by atoms with Crippen molar-refractivity contribution in [3.63, 3.8) is 0 Å². The first-order valence-corrected chi connectivity index (χ1v) is 6.99. The molecular weight excluding hydrogens is 276 g/mol. The number of aliphatic carboxylic acids is 1. The van der Waals surface area contributed by atoms with Gasteiger partial charge in [0.05, 0.1) is 0 Å². The van der Waals surface area contributed by atoms with Crippen LogP contribution in [0.15, 0.2) is 0 Å². The first kappa shape index (κ1) is 19.2. The number of hydrogen-bond acceptors (Lipinski definition) is 4. The van der Waals surface area contributed by atoms with E-state index in [2.05, 4.69) is 29.4 Å². The SMILES string of the molecule is CC(C)N(C)CCCNC(=O)NC(CCC(N)=O)C(=O)O. The zero-order valence-electron chi connectivity index (χ0n) is 12.9. The maximum atomic E-state index is 11.6. The standard InChI is InChI=1S/C13H26N4O4/c1-9(2)17(3)8-4-7-15-13(21)16-10(12(19)20)5-6-11(14)18/h9-10H,4-8H2,1-3H3,(H2,14,18)(H,19,20)(H2,15,16,21). The largest absolute Gasteiger partial charge is 0.480 e. The number of carbonyl (C=O) groups is 3. The molecule has 1 unspecified atom stereocenters. The van der Waals surface area contributed by atoms with E-state index in [4.69, 9.17) is 10.8 Å². The summed E-state index contributed by atoms with van der Waals surface area (Å²) in [5, 5.41) is 13.8. The van der Waals surface area contributed by atoms with Gasteiger partial charge in [0.15, 0.2) is 0 Å². The minimum absolute atomic E-state index is 0.0197. The van der Waals surface area contributed by atoms with Crippen LogP contribution < -0.4 is 16.4 Å². The molecule has 3 amide bonds. The maximum absolute atomic E-state index is 11.6. The van der Waals surface area contributed by atoms with Gasteiger partial charge in [-0.1, -0.05) is 0 Å². The van der Waals surface area contributed by atoms with E-state index >= 15 is 0 Å². The highest BCUT2D eigenvalue weighted by molar-refractivity contribution is 5.83. The molecule has 0 rings (SSSR count). The van der Waals surface area contributed by atoms with E-state index < -0.39 is 23.9 Å². The molecule has 0 fully saturated rings. The molecule has 0 aromatic rings. The Hall–Kier alpha value is -1.83. The Morgan fingerprint density at radius 2 is 1.90 bits per heavy atom. The zero-order valence-corrected chi connectivity index (χ0v) is 12.9. The van der Waals surface area contributed by atoms with Gasteiger partial charge >= 0.3 is 12.0 Å². The van der Waals surface area contributed by atoms with Crippen molar-refractivity contribution in [1.29, 1.82) is 0 Å². The van der Waals surface area contributed by atoms with E-state index in [1.165, 1.54) is 0 Å². The third-order valence-electron chi connectivity index (χ3n) is 3.14. The van der Waals surface area contributed by atoms with Crippen molar-refractivity contribution in [2.24, 2.45) is 5.73 Å². The van der Waals surface area contributed by atoms with E-state index in [1.807, 2.05) is 7.05 Å². The molecule has 0 bridgehead atoms. The van der Waals surface area contributed by atoms with Gasteiger partial charge in [0.2, 0.25) is 5.91 Å². The third-order valence-corrected chi connectivity index (χ3v) is 3.14. The Balaban J connectivity index is 3.98. The van der Waals surface area contributed by atoms with Gasteiger partial charge in [-0.3, -0.25) is 4.79 Å². The van der Waals surface area contributed by atoms with Crippen molar-refractivity contribution in [3.05, 3.63) is 0 Å². The normalized spacial score (nSPS) is 12.2. The van der Waals surface area contributed by atoms with Gasteiger partial charge in [0, 0.05) is 19.0 Å². The van der Waals surface area contributed by atoms with Gasteiger partial charge < -0.3 is 26.4 Å². The van der Waals surface area contributed by atoms with E-state index in [-0.39, 0.29) is 12.8 Å². The highest BCUT2D eigenvalue weighted by atomic mass is 16.4. The van der Waals surface area contributed by atoms with Crippen molar-refractivity contribution in [2.45, 2.75) is 45.2 Å². The molecule has 0 heterocycles. The topological polar surface area (TPSA) is 125 Å². The molecule has 0 saturated heterocycles. The summed E-state index contributed by atoms with van der Waals surface area (Å²) in [6.45, 7) is 5.44. The Kier molecular flexibility index (Phi) is 9.11. The Morgan fingerprint density at radius 1 is 1.29 bits per heavy atom.